The van der Waals surface area contributed by atoms with Crippen LogP contribution in [-0.2, 0) is 19.6 Å². The molecule has 1 aliphatic rings. The number of nitrogens with zero attached hydrogens (tertiary/aromatic N) is 2. The molecule has 3 aromatic rings. The van der Waals surface area contributed by atoms with Gasteiger partial charge in [0.25, 0.3) is 10.0 Å². The van der Waals surface area contributed by atoms with Crippen molar-refractivity contribution in [3.05, 3.63) is 41.3 Å². The molecule has 0 bridgehead atoms. The summed E-state index contributed by atoms with van der Waals surface area (Å²) in [4.78, 5) is 29.1. The quantitative estimate of drug-likeness (QED) is 0.542. The van der Waals surface area contributed by atoms with Crippen molar-refractivity contribution in [2.75, 3.05) is 25.0 Å². The zero-order chi connectivity index (χ0) is 22.0. The zero-order valence-corrected chi connectivity index (χ0v) is 19.2. The van der Waals surface area contributed by atoms with E-state index in [1.807, 2.05) is 0 Å². The van der Waals surface area contributed by atoms with Crippen LogP contribution in [0.3, 0.4) is 0 Å². The Labute approximate surface area is 187 Å². The maximum absolute atomic E-state index is 12.8. The Morgan fingerprint density at radius 2 is 2.16 bits per heavy atom. The minimum atomic E-state index is -3.58. The molecule has 11 heteroatoms. The van der Waals surface area contributed by atoms with E-state index < -0.39 is 21.9 Å². The van der Waals surface area contributed by atoms with Gasteiger partial charge in [-0.05, 0) is 49.4 Å². The van der Waals surface area contributed by atoms with Crippen LogP contribution in [0.15, 0.2) is 39.9 Å². The average molecular weight is 480 g/mol. The van der Waals surface area contributed by atoms with E-state index in [4.69, 9.17) is 4.74 Å². The van der Waals surface area contributed by atoms with E-state index in [9.17, 15) is 18.0 Å². The van der Waals surface area contributed by atoms with Gasteiger partial charge in [0, 0.05) is 13.1 Å². The number of anilines is 1. The fourth-order valence-electron chi connectivity index (χ4n) is 3.44. The summed E-state index contributed by atoms with van der Waals surface area (Å²) in [6.45, 7) is 2.59. The lowest BCUT2D eigenvalue weighted by Gasteiger charge is -2.30. The summed E-state index contributed by atoms with van der Waals surface area (Å²) in [7, 11) is -3.58. The van der Waals surface area contributed by atoms with Gasteiger partial charge in [0.1, 0.15) is 4.21 Å². The first kappa shape index (κ1) is 21.9. The first-order chi connectivity index (χ1) is 14.9. The van der Waals surface area contributed by atoms with Crippen LogP contribution in [0.2, 0.25) is 0 Å². The van der Waals surface area contributed by atoms with Crippen molar-refractivity contribution in [2.45, 2.75) is 24.0 Å². The number of rotatable bonds is 6. The fourth-order valence-corrected chi connectivity index (χ4v) is 7.02. The molecule has 1 N–H and O–H groups in total. The number of benzene rings is 1. The van der Waals surface area contributed by atoms with Gasteiger partial charge in [-0.15, -0.1) is 11.3 Å². The number of thiazole rings is 1. The van der Waals surface area contributed by atoms with Crippen molar-refractivity contribution in [2.24, 2.45) is 5.92 Å². The molecule has 0 aliphatic carbocycles. The predicted molar refractivity (Wildman–Crippen MR) is 120 cm³/mol. The number of carbonyl (C=O) groups is 2. The number of aromatic nitrogens is 1. The number of esters is 1. The third-order valence-electron chi connectivity index (χ3n) is 4.97. The molecule has 4 rings (SSSR count). The lowest BCUT2D eigenvalue weighted by atomic mass is 9.99. The van der Waals surface area contributed by atoms with Crippen molar-refractivity contribution in [3.63, 3.8) is 0 Å². The molecule has 1 fully saturated rings. The number of carbonyl (C=O) groups excluding carboxylic acids is 2. The van der Waals surface area contributed by atoms with Gasteiger partial charge in [-0.2, -0.15) is 4.31 Å². The number of amides is 1. The number of sulfonamides is 1. The van der Waals surface area contributed by atoms with Gasteiger partial charge >= 0.3 is 5.97 Å². The Morgan fingerprint density at radius 3 is 2.90 bits per heavy atom. The van der Waals surface area contributed by atoms with E-state index in [1.54, 1.807) is 42.6 Å². The summed E-state index contributed by atoms with van der Waals surface area (Å²) in [5.41, 5.74) is 1.09. The lowest BCUT2D eigenvalue weighted by Crippen LogP contribution is -2.43. The molecule has 0 radical (unpaired) electrons. The van der Waals surface area contributed by atoms with Crippen LogP contribution in [-0.4, -0.2) is 49.3 Å². The van der Waals surface area contributed by atoms with Gasteiger partial charge in [0.15, 0.2) is 5.13 Å². The van der Waals surface area contributed by atoms with Crippen molar-refractivity contribution < 1.29 is 22.7 Å². The Balaban J connectivity index is 1.46. The second-order valence-electron chi connectivity index (χ2n) is 7.05. The number of hydrogen-bond donors (Lipinski definition) is 1. The van der Waals surface area contributed by atoms with Crippen LogP contribution in [0.25, 0.3) is 10.2 Å². The van der Waals surface area contributed by atoms with Crippen molar-refractivity contribution in [3.8, 4) is 0 Å². The van der Waals surface area contributed by atoms with Gasteiger partial charge < -0.3 is 10.1 Å². The lowest BCUT2D eigenvalue weighted by molar-refractivity contribution is -0.120. The monoisotopic (exact) mass is 479 g/mol. The fraction of sp³-hybridized carbons (Fsp3) is 0.350. The molecular weight excluding hydrogens is 458 g/mol. The molecule has 31 heavy (non-hydrogen) atoms. The Morgan fingerprint density at radius 1 is 1.32 bits per heavy atom. The molecule has 8 nitrogen and oxygen atoms in total. The molecule has 1 saturated heterocycles. The summed E-state index contributed by atoms with van der Waals surface area (Å²) in [6.07, 6.45) is 1.23. The maximum atomic E-state index is 12.8. The van der Waals surface area contributed by atoms with Crippen molar-refractivity contribution >= 4 is 59.9 Å². The molecule has 1 aliphatic heterocycles. The van der Waals surface area contributed by atoms with E-state index in [0.29, 0.717) is 42.2 Å². The minimum absolute atomic E-state index is 0.143. The number of ether oxygens (including phenoxy) is 1. The third kappa shape index (κ3) is 4.64. The van der Waals surface area contributed by atoms with E-state index >= 15 is 0 Å². The summed E-state index contributed by atoms with van der Waals surface area (Å²) >= 11 is 2.44. The Kier molecular flexibility index (Phi) is 6.37. The highest BCUT2D eigenvalue weighted by Gasteiger charge is 2.34. The van der Waals surface area contributed by atoms with Crippen molar-refractivity contribution in [1.29, 1.82) is 0 Å². The number of nitrogens with one attached hydrogen (secondary N) is 1. The summed E-state index contributed by atoms with van der Waals surface area (Å²) in [6, 6.07) is 8.32. The van der Waals surface area contributed by atoms with E-state index in [0.717, 1.165) is 4.70 Å². The Hall–Kier alpha value is -2.34. The van der Waals surface area contributed by atoms with Crippen LogP contribution in [0.5, 0.6) is 0 Å². The largest absolute Gasteiger partial charge is 0.462 e. The van der Waals surface area contributed by atoms with Crippen LogP contribution in [0, 0.1) is 5.92 Å². The SMILES string of the molecule is CCOC(=O)c1ccc2nc(NC(=O)C3CCCN(S(=O)(=O)c4cccs4)C3)sc2c1. The molecule has 164 valence electrons. The highest BCUT2D eigenvalue weighted by atomic mass is 32.2. The summed E-state index contributed by atoms with van der Waals surface area (Å²) in [5, 5.41) is 4.95. The van der Waals surface area contributed by atoms with E-state index in [2.05, 4.69) is 10.3 Å². The second kappa shape index (κ2) is 9.03. The molecule has 1 unspecified atom stereocenters. The average Bonchev–Trinajstić information content (AvgIpc) is 3.43. The smallest absolute Gasteiger partial charge is 0.338 e. The van der Waals surface area contributed by atoms with Crippen LogP contribution in [0.1, 0.15) is 30.1 Å². The van der Waals surface area contributed by atoms with Crippen LogP contribution in [0.4, 0.5) is 5.13 Å². The molecule has 0 spiro atoms. The van der Waals surface area contributed by atoms with E-state index in [-0.39, 0.29) is 16.7 Å². The molecule has 1 aromatic carbocycles. The minimum Gasteiger partial charge on any atom is -0.462 e. The molecule has 3 heterocycles. The van der Waals surface area contributed by atoms with Gasteiger partial charge in [-0.1, -0.05) is 17.4 Å². The molecule has 0 saturated carbocycles. The van der Waals surface area contributed by atoms with Crippen LogP contribution >= 0.6 is 22.7 Å². The zero-order valence-electron chi connectivity index (χ0n) is 16.7. The highest BCUT2D eigenvalue weighted by Crippen LogP contribution is 2.30. The topological polar surface area (TPSA) is 106 Å². The number of fused-ring (bicyclic) bond motifs is 1. The number of thiophene rings is 1. The molecule has 1 amide bonds. The first-order valence-corrected chi connectivity index (χ1v) is 12.9. The van der Waals surface area contributed by atoms with Crippen molar-refractivity contribution in [1.82, 2.24) is 9.29 Å². The Bertz CT molecular complexity index is 1200. The highest BCUT2D eigenvalue weighted by molar-refractivity contribution is 7.91. The van der Waals surface area contributed by atoms with E-state index in [1.165, 1.54) is 27.0 Å². The summed E-state index contributed by atoms with van der Waals surface area (Å²) < 4.78 is 33.0. The predicted octanol–water partition coefficient (Wildman–Crippen LogP) is 3.57. The van der Waals surface area contributed by atoms with Gasteiger partial charge in [0.2, 0.25) is 5.91 Å². The normalized spacial score (nSPS) is 17.5. The standard InChI is InChI=1S/C20H21N3O5S3/c1-2-28-19(25)13-7-8-15-16(11-13)30-20(21-15)22-18(24)14-5-3-9-23(12-14)31(26,27)17-6-4-10-29-17/h4,6-8,10-11,14H,2-3,5,9,12H2,1H3,(H,21,22,24). The van der Waals surface area contributed by atoms with Gasteiger partial charge in [-0.3, -0.25) is 4.79 Å². The van der Waals surface area contributed by atoms with Crippen LogP contribution < -0.4 is 5.32 Å². The summed E-state index contributed by atoms with van der Waals surface area (Å²) in [5.74, 6) is -1.11. The van der Waals surface area contributed by atoms with Gasteiger partial charge in [-0.25, -0.2) is 18.2 Å². The molecular formula is C20H21N3O5S3. The number of hydrogen-bond acceptors (Lipinski definition) is 8. The van der Waals surface area contributed by atoms with Gasteiger partial charge in [0.05, 0.1) is 28.3 Å². The second-order valence-corrected chi connectivity index (χ2v) is 11.2. The molecule has 2 aromatic heterocycles. The number of piperidine rings is 1. The first-order valence-electron chi connectivity index (χ1n) is 9.80. The maximum Gasteiger partial charge on any atom is 0.338 e. The molecule has 1 atom stereocenters. The third-order valence-corrected chi connectivity index (χ3v) is 9.15.